The Morgan fingerprint density at radius 3 is 0.932 bits per heavy atom. The number of ketones is 4. The molecule has 0 radical (unpaired) electrons. The average molecular weight is 575 g/mol. The molecule has 2 saturated carbocycles. The van der Waals surface area contributed by atoms with Crippen molar-refractivity contribution in [2.45, 2.75) is 11.8 Å². The maximum atomic E-state index is 14.3. The molecule has 0 heterocycles. The number of carbonyl (C=O) groups is 4. The van der Waals surface area contributed by atoms with E-state index in [0.717, 1.165) is 11.1 Å². The van der Waals surface area contributed by atoms with Crippen molar-refractivity contribution in [3.8, 4) is 0 Å². The monoisotopic (exact) mass is 574 g/mol. The molecule has 0 aliphatic heterocycles. The van der Waals surface area contributed by atoms with E-state index in [2.05, 4.69) is 0 Å². The molecule has 0 saturated heterocycles. The summed E-state index contributed by atoms with van der Waals surface area (Å²) in [7, 11) is 0. The molecule has 2 fully saturated rings. The molecule has 0 spiro atoms. The fraction of sp³-hybridized carbons (Fsp3) is 0.150. The van der Waals surface area contributed by atoms with Crippen LogP contribution in [-0.2, 0) is 0 Å². The number of hydrogen-bond donors (Lipinski definition) is 0. The van der Waals surface area contributed by atoms with E-state index >= 15 is 0 Å². The SMILES string of the molecule is O=C(c1ccccc1)C1C(C(=O)c2ccccc2C(=O)C2C(C(=O)c3ccccc3)C2c2ccccc2)C1c1ccccc1. The minimum atomic E-state index is -0.579. The fourth-order valence-corrected chi connectivity index (χ4v) is 6.97. The summed E-state index contributed by atoms with van der Waals surface area (Å²) < 4.78 is 0. The van der Waals surface area contributed by atoms with Gasteiger partial charge in [-0.2, -0.15) is 0 Å². The van der Waals surface area contributed by atoms with Crippen LogP contribution in [0, 0.1) is 23.7 Å². The van der Waals surface area contributed by atoms with Gasteiger partial charge in [0, 0.05) is 57.8 Å². The topological polar surface area (TPSA) is 68.3 Å². The van der Waals surface area contributed by atoms with Gasteiger partial charge < -0.3 is 0 Å². The Kier molecular flexibility index (Phi) is 7.19. The number of benzene rings is 5. The largest absolute Gasteiger partial charge is 0.294 e. The molecule has 7 rings (SSSR count). The second-order valence-corrected chi connectivity index (χ2v) is 11.7. The summed E-state index contributed by atoms with van der Waals surface area (Å²) in [5.74, 6) is -3.28. The molecule has 5 aromatic carbocycles. The highest BCUT2D eigenvalue weighted by atomic mass is 16.1. The molecular formula is C40H30O4. The van der Waals surface area contributed by atoms with Crippen molar-refractivity contribution in [1.29, 1.82) is 0 Å². The summed E-state index contributed by atoms with van der Waals surface area (Å²) in [6.45, 7) is 0. The Labute approximate surface area is 256 Å². The van der Waals surface area contributed by atoms with E-state index in [1.807, 2.05) is 97.1 Å². The molecule has 0 N–H and O–H groups in total. The average Bonchev–Trinajstić information content (AvgIpc) is 4.02. The summed E-state index contributed by atoms with van der Waals surface area (Å²) in [6.07, 6.45) is 0. The van der Waals surface area contributed by atoms with E-state index in [4.69, 9.17) is 0 Å². The van der Waals surface area contributed by atoms with E-state index in [0.29, 0.717) is 22.3 Å². The first-order valence-corrected chi connectivity index (χ1v) is 15.0. The van der Waals surface area contributed by atoms with Gasteiger partial charge in [-0.05, 0) is 11.1 Å². The molecule has 2 aliphatic carbocycles. The molecule has 5 aromatic rings. The predicted molar refractivity (Wildman–Crippen MR) is 169 cm³/mol. The highest BCUT2D eigenvalue weighted by molar-refractivity contribution is 6.17. The third-order valence-electron chi connectivity index (χ3n) is 9.19. The fourth-order valence-electron chi connectivity index (χ4n) is 6.97. The van der Waals surface area contributed by atoms with Gasteiger partial charge in [-0.3, -0.25) is 19.2 Å². The minimum absolute atomic E-state index is 0.0681. The third-order valence-corrected chi connectivity index (χ3v) is 9.19. The van der Waals surface area contributed by atoms with E-state index in [1.165, 1.54) is 0 Å². The van der Waals surface area contributed by atoms with Crippen LogP contribution in [0.4, 0.5) is 0 Å². The summed E-state index contributed by atoms with van der Waals surface area (Å²) in [4.78, 5) is 56.0. The van der Waals surface area contributed by atoms with Crippen molar-refractivity contribution in [3.63, 3.8) is 0 Å². The lowest BCUT2D eigenvalue weighted by Gasteiger charge is -2.09. The Hall–Kier alpha value is -5.22. The summed E-state index contributed by atoms with van der Waals surface area (Å²) in [5, 5.41) is 0. The van der Waals surface area contributed by atoms with Crippen molar-refractivity contribution < 1.29 is 19.2 Å². The van der Waals surface area contributed by atoms with Crippen LogP contribution in [0.25, 0.3) is 0 Å². The molecule has 0 bridgehead atoms. The molecule has 4 nitrogen and oxygen atoms in total. The second kappa shape index (κ2) is 11.5. The first-order valence-electron chi connectivity index (χ1n) is 15.0. The van der Waals surface area contributed by atoms with Crippen molar-refractivity contribution in [1.82, 2.24) is 0 Å². The molecular weight excluding hydrogens is 544 g/mol. The zero-order chi connectivity index (χ0) is 30.2. The zero-order valence-electron chi connectivity index (χ0n) is 24.0. The Morgan fingerprint density at radius 1 is 0.318 bits per heavy atom. The van der Waals surface area contributed by atoms with Gasteiger partial charge in [0.1, 0.15) is 0 Å². The van der Waals surface area contributed by atoms with Crippen molar-refractivity contribution in [3.05, 3.63) is 179 Å². The van der Waals surface area contributed by atoms with Crippen LogP contribution in [-0.4, -0.2) is 23.1 Å². The third kappa shape index (κ3) is 4.92. The van der Waals surface area contributed by atoms with Crippen LogP contribution in [0.5, 0.6) is 0 Å². The van der Waals surface area contributed by atoms with E-state index in [9.17, 15) is 19.2 Å². The van der Waals surface area contributed by atoms with Crippen LogP contribution in [0.1, 0.15) is 64.4 Å². The van der Waals surface area contributed by atoms with Crippen LogP contribution >= 0.6 is 0 Å². The van der Waals surface area contributed by atoms with Gasteiger partial charge in [0.05, 0.1) is 0 Å². The van der Waals surface area contributed by atoms with Gasteiger partial charge in [0.2, 0.25) is 0 Å². The van der Waals surface area contributed by atoms with E-state index < -0.39 is 23.7 Å². The highest BCUT2D eigenvalue weighted by Crippen LogP contribution is 2.59. The quantitative estimate of drug-likeness (QED) is 0.159. The first kappa shape index (κ1) is 27.6. The molecule has 214 valence electrons. The van der Waals surface area contributed by atoms with Crippen LogP contribution in [0.15, 0.2) is 146 Å². The molecule has 6 atom stereocenters. The molecule has 0 aromatic heterocycles. The zero-order valence-corrected chi connectivity index (χ0v) is 24.0. The van der Waals surface area contributed by atoms with Crippen LogP contribution < -0.4 is 0 Å². The molecule has 0 amide bonds. The van der Waals surface area contributed by atoms with Crippen molar-refractivity contribution >= 4 is 23.1 Å². The van der Waals surface area contributed by atoms with Gasteiger partial charge in [-0.1, -0.05) is 146 Å². The predicted octanol–water partition coefficient (Wildman–Crippen LogP) is 7.88. The lowest BCUT2D eigenvalue weighted by atomic mass is 9.92. The Balaban J connectivity index is 1.23. The maximum Gasteiger partial charge on any atom is 0.168 e. The van der Waals surface area contributed by atoms with Gasteiger partial charge in [-0.25, -0.2) is 0 Å². The Bertz CT molecular complexity index is 1710. The molecule has 4 heteroatoms. The van der Waals surface area contributed by atoms with Gasteiger partial charge in [0.25, 0.3) is 0 Å². The van der Waals surface area contributed by atoms with Crippen LogP contribution in [0.2, 0.25) is 0 Å². The van der Waals surface area contributed by atoms with Crippen molar-refractivity contribution in [2.75, 3.05) is 0 Å². The molecule has 6 unspecified atom stereocenters. The number of Topliss-reactive ketones (excluding diaryl/α,β-unsaturated/α-hetero) is 4. The van der Waals surface area contributed by atoms with Crippen molar-refractivity contribution in [2.24, 2.45) is 23.7 Å². The van der Waals surface area contributed by atoms with E-state index in [-0.39, 0.29) is 35.0 Å². The summed E-state index contributed by atoms with van der Waals surface area (Å²) in [6, 6.07) is 44.3. The minimum Gasteiger partial charge on any atom is -0.294 e. The van der Waals surface area contributed by atoms with Crippen LogP contribution in [0.3, 0.4) is 0 Å². The summed E-state index contributed by atoms with van der Waals surface area (Å²) in [5.41, 5.74) is 3.65. The second-order valence-electron chi connectivity index (χ2n) is 11.7. The lowest BCUT2D eigenvalue weighted by molar-refractivity contribution is 0.0890. The molecule has 2 aliphatic rings. The lowest BCUT2D eigenvalue weighted by Crippen LogP contribution is -2.16. The van der Waals surface area contributed by atoms with Gasteiger partial charge in [-0.15, -0.1) is 0 Å². The standard InChI is InChI=1S/C40H30O4/c41-37(27-19-9-3-10-20-27)33-31(25-15-5-1-6-16-25)35(33)39(43)29-23-13-14-24-30(29)40(44)36-32(26-17-7-2-8-18-26)34(36)38(42)28-21-11-4-12-22-28/h1-24,31-36H. The number of rotatable bonds is 10. The van der Waals surface area contributed by atoms with E-state index in [1.54, 1.807) is 48.5 Å². The maximum absolute atomic E-state index is 14.3. The number of hydrogen-bond acceptors (Lipinski definition) is 4. The molecule has 44 heavy (non-hydrogen) atoms. The first-order chi connectivity index (χ1) is 21.6. The van der Waals surface area contributed by atoms with Gasteiger partial charge in [0.15, 0.2) is 23.1 Å². The smallest absolute Gasteiger partial charge is 0.168 e. The summed E-state index contributed by atoms with van der Waals surface area (Å²) >= 11 is 0. The van der Waals surface area contributed by atoms with Gasteiger partial charge >= 0.3 is 0 Å². The number of carbonyl (C=O) groups excluding carboxylic acids is 4. The normalized spacial score (nSPS) is 23.4. The Morgan fingerprint density at radius 2 is 0.591 bits per heavy atom. The highest BCUT2D eigenvalue weighted by Gasteiger charge is 2.61.